The van der Waals surface area contributed by atoms with E-state index in [4.69, 9.17) is 0 Å². The Kier molecular flexibility index (Phi) is 6.24. The quantitative estimate of drug-likeness (QED) is 0.597. The topological polar surface area (TPSA) is 52.6 Å². The van der Waals surface area contributed by atoms with Crippen molar-refractivity contribution in [1.29, 1.82) is 0 Å². The van der Waals surface area contributed by atoms with Crippen LogP contribution in [0.15, 0.2) is 66.7 Å². The molecule has 170 valence electrons. The maximum Gasteiger partial charge on any atom is 0.253 e. The Labute approximate surface area is 195 Å². The molecule has 1 amide bonds. The molecule has 6 nitrogen and oxygen atoms in total. The molecule has 6 heteroatoms. The number of hydrogen-bond acceptors (Lipinski definition) is 5. The number of piperidine rings is 1. The van der Waals surface area contributed by atoms with Crippen LogP contribution in [-0.4, -0.2) is 59.8 Å². The zero-order valence-corrected chi connectivity index (χ0v) is 19.2. The zero-order chi connectivity index (χ0) is 22.6. The minimum atomic E-state index is 0.0924. The Morgan fingerprint density at radius 1 is 0.758 bits per heavy atom. The lowest BCUT2D eigenvalue weighted by Crippen LogP contribution is -2.49. The molecule has 0 spiro atoms. The van der Waals surface area contributed by atoms with E-state index in [1.54, 1.807) is 0 Å². The van der Waals surface area contributed by atoms with E-state index in [9.17, 15) is 4.79 Å². The SMILES string of the molecule is CC1CCCCN1c1ccc(N2CCN(C(=O)c3ccc(-c4ccccc4)cc3)CC2)nn1. The molecular weight excluding hydrogens is 410 g/mol. The lowest BCUT2D eigenvalue weighted by atomic mass is 10.0. The van der Waals surface area contributed by atoms with E-state index < -0.39 is 0 Å². The van der Waals surface area contributed by atoms with Crippen LogP contribution in [0.1, 0.15) is 36.5 Å². The third-order valence-electron chi connectivity index (χ3n) is 6.86. The molecule has 0 radical (unpaired) electrons. The fourth-order valence-corrected chi connectivity index (χ4v) is 4.84. The van der Waals surface area contributed by atoms with Crippen molar-refractivity contribution in [3.05, 3.63) is 72.3 Å². The van der Waals surface area contributed by atoms with Gasteiger partial charge in [0.25, 0.3) is 5.91 Å². The lowest BCUT2D eigenvalue weighted by Gasteiger charge is -2.36. The van der Waals surface area contributed by atoms with E-state index in [0.29, 0.717) is 19.1 Å². The molecule has 2 aliphatic heterocycles. The second-order valence-electron chi connectivity index (χ2n) is 9.01. The number of carbonyl (C=O) groups is 1. The van der Waals surface area contributed by atoms with Gasteiger partial charge in [0.05, 0.1) is 0 Å². The van der Waals surface area contributed by atoms with Gasteiger partial charge in [0.2, 0.25) is 0 Å². The third kappa shape index (κ3) is 4.70. The first-order valence-electron chi connectivity index (χ1n) is 12.0. The fourth-order valence-electron chi connectivity index (χ4n) is 4.84. The van der Waals surface area contributed by atoms with Gasteiger partial charge in [-0.1, -0.05) is 42.5 Å². The minimum absolute atomic E-state index is 0.0924. The molecule has 3 aromatic rings. The van der Waals surface area contributed by atoms with Gasteiger partial charge in [-0.15, -0.1) is 10.2 Å². The van der Waals surface area contributed by atoms with Crippen LogP contribution in [-0.2, 0) is 0 Å². The van der Waals surface area contributed by atoms with Crippen LogP contribution in [0.4, 0.5) is 11.6 Å². The molecule has 1 aromatic heterocycles. The van der Waals surface area contributed by atoms with Gasteiger partial charge >= 0.3 is 0 Å². The summed E-state index contributed by atoms with van der Waals surface area (Å²) in [4.78, 5) is 19.5. The van der Waals surface area contributed by atoms with E-state index in [-0.39, 0.29) is 5.91 Å². The molecule has 1 unspecified atom stereocenters. The van der Waals surface area contributed by atoms with Crippen LogP contribution in [0.2, 0.25) is 0 Å². The highest BCUT2D eigenvalue weighted by molar-refractivity contribution is 5.95. The number of piperazine rings is 1. The van der Waals surface area contributed by atoms with Crippen molar-refractivity contribution in [3.8, 4) is 11.1 Å². The smallest absolute Gasteiger partial charge is 0.253 e. The summed E-state index contributed by atoms with van der Waals surface area (Å²) < 4.78 is 0. The van der Waals surface area contributed by atoms with Gasteiger partial charge in [-0.3, -0.25) is 4.79 Å². The highest BCUT2D eigenvalue weighted by Crippen LogP contribution is 2.24. The van der Waals surface area contributed by atoms with Crippen molar-refractivity contribution < 1.29 is 4.79 Å². The Morgan fingerprint density at radius 2 is 1.42 bits per heavy atom. The first-order chi connectivity index (χ1) is 16.2. The van der Waals surface area contributed by atoms with Gasteiger partial charge in [0.15, 0.2) is 11.6 Å². The number of anilines is 2. The van der Waals surface area contributed by atoms with E-state index in [0.717, 1.165) is 48.0 Å². The average Bonchev–Trinajstić information content (AvgIpc) is 2.89. The number of rotatable bonds is 4. The maximum absolute atomic E-state index is 13.0. The fraction of sp³-hybridized carbons (Fsp3) is 0.370. The van der Waals surface area contributed by atoms with E-state index in [2.05, 4.69) is 51.2 Å². The van der Waals surface area contributed by atoms with Crippen LogP contribution >= 0.6 is 0 Å². The Hall–Kier alpha value is -3.41. The number of hydrogen-bond donors (Lipinski definition) is 0. The standard InChI is InChI=1S/C27H31N5O/c1-21-7-5-6-16-32(21)26-15-14-25(28-29-26)30-17-19-31(20-18-30)27(33)24-12-10-23(11-13-24)22-8-3-2-4-9-22/h2-4,8-15,21H,5-7,16-20H2,1H3. The number of carbonyl (C=O) groups excluding carboxylic acids is 1. The van der Waals surface area contributed by atoms with E-state index in [1.807, 2.05) is 47.4 Å². The number of aromatic nitrogens is 2. The van der Waals surface area contributed by atoms with E-state index in [1.165, 1.54) is 19.3 Å². The summed E-state index contributed by atoms with van der Waals surface area (Å²) in [7, 11) is 0. The summed E-state index contributed by atoms with van der Waals surface area (Å²) in [5.74, 6) is 1.95. The Bertz CT molecular complexity index is 1060. The number of benzene rings is 2. The third-order valence-corrected chi connectivity index (χ3v) is 6.86. The van der Waals surface area contributed by atoms with Crippen molar-refractivity contribution in [2.45, 2.75) is 32.2 Å². The molecule has 1 atom stereocenters. The van der Waals surface area contributed by atoms with Gasteiger partial charge in [-0.25, -0.2) is 0 Å². The first-order valence-corrected chi connectivity index (χ1v) is 12.0. The molecule has 0 N–H and O–H groups in total. The number of amides is 1. The lowest BCUT2D eigenvalue weighted by molar-refractivity contribution is 0.0746. The molecular formula is C27H31N5O. The first kappa shape index (κ1) is 21.4. The molecule has 2 saturated heterocycles. The van der Waals surface area contributed by atoms with Crippen LogP contribution in [0, 0.1) is 0 Å². The van der Waals surface area contributed by atoms with Gasteiger partial charge in [0, 0.05) is 44.3 Å². The molecule has 2 aliphatic rings. The summed E-state index contributed by atoms with van der Waals surface area (Å²) >= 11 is 0. The highest BCUT2D eigenvalue weighted by atomic mass is 16.2. The summed E-state index contributed by atoms with van der Waals surface area (Å²) in [5.41, 5.74) is 3.02. The minimum Gasteiger partial charge on any atom is -0.352 e. The largest absolute Gasteiger partial charge is 0.352 e. The molecule has 33 heavy (non-hydrogen) atoms. The van der Waals surface area contributed by atoms with Gasteiger partial charge < -0.3 is 14.7 Å². The van der Waals surface area contributed by atoms with Crippen molar-refractivity contribution >= 4 is 17.5 Å². The van der Waals surface area contributed by atoms with Gasteiger partial charge in [-0.05, 0) is 61.6 Å². The molecule has 5 rings (SSSR count). The summed E-state index contributed by atoms with van der Waals surface area (Å²) in [6.07, 6.45) is 3.73. The van der Waals surface area contributed by atoms with Crippen LogP contribution in [0.3, 0.4) is 0 Å². The molecule has 0 aliphatic carbocycles. The van der Waals surface area contributed by atoms with Crippen molar-refractivity contribution in [3.63, 3.8) is 0 Å². The van der Waals surface area contributed by atoms with Crippen LogP contribution < -0.4 is 9.80 Å². The predicted octanol–water partition coefficient (Wildman–Crippen LogP) is 4.48. The van der Waals surface area contributed by atoms with E-state index >= 15 is 0 Å². The average molecular weight is 442 g/mol. The molecule has 2 fully saturated rings. The molecule has 2 aromatic carbocycles. The van der Waals surface area contributed by atoms with Gasteiger partial charge in [0.1, 0.15) is 0 Å². The molecule has 0 saturated carbocycles. The second kappa shape index (κ2) is 9.61. The Morgan fingerprint density at radius 3 is 2.09 bits per heavy atom. The zero-order valence-electron chi connectivity index (χ0n) is 19.2. The van der Waals surface area contributed by atoms with Gasteiger partial charge in [-0.2, -0.15) is 0 Å². The summed E-state index contributed by atoms with van der Waals surface area (Å²) in [6.45, 7) is 6.23. The van der Waals surface area contributed by atoms with Crippen molar-refractivity contribution in [2.24, 2.45) is 0 Å². The van der Waals surface area contributed by atoms with Crippen LogP contribution in [0.5, 0.6) is 0 Å². The Balaban J connectivity index is 1.18. The monoisotopic (exact) mass is 441 g/mol. The highest BCUT2D eigenvalue weighted by Gasteiger charge is 2.24. The number of nitrogens with zero attached hydrogens (tertiary/aromatic N) is 5. The molecule has 3 heterocycles. The maximum atomic E-state index is 13.0. The molecule has 0 bridgehead atoms. The van der Waals surface area contributed by atoms with Crippen molar-refractivity contribution in [1.82, 2.24) is 15.1 Å². The summed E-state index contributed by atoms with van der Waals surface area (Å²) in [6, 6.07) is 22.8. The predicted molar refractivity (Wildman–Crippen MR) is 133 cm³/mol. The van der Waals surface area contributed by atoms with Crippen molar-refractivity contribution in [2.75, 3.05) is 42.5 Å². The summed E-state index contributed by atoms with van der Waals surface area (Å²) in [5, 5.41) is 9.03. The second-order valence-corrected chi connectivity index (χ2v) is 9.01. The normalized spacial score (nSPS) is 18.9. The van der Waals surface area contributed by atoms with Crippen LogP contribution in [0.25, 0.3) is 11.1 Å².